The average molecular weight is 298 g/mol. The van der Waals surface area contributed by atoms with Gasteiger partial charge in [-0.25, -0.2) is 18.1 Å². The van der Waals surface area contributed by atoms with Gasteiger partial charge in [0, 0.05) is 6.54 Å². The molecule has 0 aromatic carbocycles. The first-order valence-electron chi connectivity index (χ1n) is 6.29. The normalized spacial score (nSPS) is 12.0. The number of aryl methyl sites for hydroxylation is 3. The summed E-state index contributed by atoms with van der Waals surface area (Å²) < 4.78 is 34.1. The van der Waals surface area contributed by atoms with Gasteiger partial charge in [-0.1, -0.05) is 0 Å². The van der Waals surface area contributed by atoms with Crippen molar-refractivity contribution in [1.29, 1.82) is 0 Å². The summed E-state index contributed by atoms with van der Waals surface area (Å²) >= 11 is 0. The predicted octanol–water partition coefficient (Wildman–Crippen LogP) is 1.29. The smallest absolute Gasteiger partial charge is 0.244 e. The van der Waals surface area contributed by atoms with E-state index in [0.717, 1.165) is 0 Å². The zero-order valence-electron chi connectivity index (χ0n) is 12.0. The molecule has 0 aliphatic carbocycles. The largest absolute Gasteiger partial charge is 0.447 e. The molecule has 2 rings (SSSR count). The van der Waals surface area contributed by atoms with Crippen LogP contribution in [0, 0.1) is 20.8 Å². The molecule has 20 heavy (non-hydrogen) atoms. The molecule has 7 nitrogen and oxygen atoms in total. The van der Waals surface area contributed by atoms with Crippen molar-refractivity contribution in [3.63, 3.8) is 0 Å². The molecule has 0 aliphatic heterocycles. The van der Waals surface area contributed by atoms with Crippen molar-refractivity contribution in [3.05, 3.63) is 29.2 Å². The van der Waals surface area contributed by atoms with Crippen molar-refractivity contribution in [2.45, 2.75) is 45.7 Å². The Morgan fingerprint density at radius 3 is 2.50 bits per heavy atom. The fourth-order valence-electron chi connectivity index (χ4n) is 2.11. The highest BCUT2D eigenvalue weighted by atomic mass is 32.2. The van der Waals surface area contributed by atoms with Crippen LogP contribution in [0.15, 0.2) is 15.7 Å². The number of rotatable bonds is 5. The number of hydrogen-bond acceptors (Lipinski definition) is 5. The van der Waals surface area contributed by atoms with Gasteiger partial charge >= 0.3 is 0 Å². The number of nitrogens with zero attached hydrogens (tertiary/aromatic N) is 3. The Bertz CT molecular complexity index is 715. The molecule has 0 saturated carbocycles. The average Bonchev–Trinajstić information content (AvgIpc) is 2.90. The highest BCUT2D eigenvalue weighted by Crippen LogP contribution is 2.19. The minimum absolute atomic E-state index is 0.0738. The maximum atomic E-state index is 12.4. The number of oxazole rings is 1. The highest BCUT2D eigenvalue weighted by Gasteiger charge is 2.24. The van der Waals surface area contributed by atoms with E-state index >= 15 is 0 Å². The van der Waals surface area contributed by atoms with Crippen LogP contribution in [0.1, 0.15) is 29.8 Å². The van der Waals surface area contributed by atoms with E-state index in [2.05, 4.69) is 14.8 Å². The fourth-order valence-corrected chi connectivity index (χ4v) is 3.50. The third-order valence-corrected chi connectivity index (χ3v) is 4.80. The Balaban J connectivity index is 2.27. The van der Waals surface area contributed by atoms with Crippen LogP contribution < -0.4 is 4.72 Å². The van der Waals surface area contributed by atoms with Crippen molar-refractivity contribution >= 4 is 10.0 Å². The quantitative estimate of drug-likeness (QED) is 0.898. The first-order valence-corrected chi connectivity index (χ1v) is 7.77. The van der Waals surface area contributed by atoms with E-state index in [1.807, 2.05) is 6.92 Å². The van der Waals surface area contributed by atoms with Gasteiger partial charge in [0.15, 0.2) is 6.39 Å². The lowest BCUT2D eigenvalue weighted by Gasteiger charge is -2.06. The molecule has 110 valence electrons. The zero-order valence-corrected chi connectivity index (χ0v) is 12.8. The summed E-state index contributed by atoms with van der Waals surface area (Å²) in [5.41, 5.74) is 1.79. The SMILES string of the molecule is CCn1nc(C)c(S(=O)(=O)NCc2ocnc2C)c1C. The second-order valence-corrected chi connectivity index (χ2v) is 6.21. The first kappa shape index (κ1) is 14.7. The number of nitrogens with one attached hydrogen (secondary N) is 1. The lowest BCUT2D eigenvalue weighted by Crippen LogP contribution is -2.24. The summed E-state index contributed by atoms with van der Waals surface area (Å²) in [5.74, 6) is 0.506. The van der Waals surface area contributed by atoms with Crippen LogP contribution in [0.3, 0.4) is 0 Å². The van der Waals surface area contributed by atoms with Gasteiger partial charge in [0.05, 0.1) is 23.6 Å². The summed E-state index contributed by atoms with van der Waals surface area (Å²) in [6, 6.07) is 0. The van der Waals surface area contributed by atoms with E-state index in [-0.39, 0.29) is 11.4 Å². The van der Waals surface area contributed by atoms with Crippen LogP contribution in [0.4, 0.5) is 0 Å². The standard InChI is InChI=1S/C12H18N4O3S/c1-5-16-10(4)12(9(3)15-16)20(17,18)14-6-11-8(2)13-7-19-11/h7,14H,5-6H2,1-4H3. The minimum atomic E-state index is -3.62. The monoisotopic (exact) mass is 298 g/mol. The molecule has 0 unspecified atom stereocenters. The topological polar surface area (TPSA) is 90.0 Å². The molecule has 0 spiro atoms. The summed E-state index contributed by atoms with van der Waals surface area (Å²) in [6.45, 7) is 7.82. The van der Waals surface area contributed by atoms with Crippen LogP contribution in [0.25, 0.3) is 0 Å². The van der Waals surface area contributed by atoms with Crippen LogP contribution in [0.5, 0.6) is 0 Å². The van der Waals surface area contributed by atoms with Gasteiger partial charge in [0.2, 0.25) is 10.0 Å². The van der Waals surface area contributed by atoms with Gasteiger partial charge in [-0.05, 0) is 27.7 Å². The maximum absolute atomic E-state index is 12.4. The molecular weight excluding hydrogens is 280 g/mol. The Morgan fingerprint density at radius 2 is 2.00 bits per heavy atom. The molecule has 0 bridgehead atoms. The highest BCUT2D eigenvalue weighted by molar-refractivity contribution is 7.89. The summed E-state index contributed by atoms with van der Waals surface area (Å²) in [7, 11) is -3.62. The molecule has 0 amide bonds. The Labute approximate surface area is 118 Å². The van der Waals surface area contributed by atoms with Gasteiger partial charge in [-0.15, -0.1) is 0 Å². The molecule has 8 heteroatoms. The van der Waals surface area contributed by atoms with Crippen LogP contribution in [0.2, 0.25) is 0 Å². The lowest BCUT2D eigenvalue weighted by molar-refractivity contribution is 0.492. The third-order valence-electron chi connectivity index (χ3n) is 3.15. The Kier molecular flexibility index (Phi) is 3.96. The van der Waals surface area contributed by atoms with Gasteiger partial charge in [-0.3, -0.25) is 4.68 Å². The first-order chi connectivity index (χ1) is 9.36. The lowest BCUT2D eigenvalue weighted by atomic mass is 10.4. The number of hydrogen-bond donors (Lipinski definition) is 1. The van der Waals surface area contributed by atoms with Crippen molar-refractivity contribution < 1.29 is 12.8 Å². The summed E-state index contributed by atoms with van der Waals surface area (Å²) in [4.78, 5) is 4.16. The fraction of sp³-hybridized carbons (Fsp3) is 0.500. The van der Waals surface area contributed by atoms with Gasteiger partial charge in [-0.2, -0.15) is 5.10 Å². The Hall–Kier alpha value is -1.67. The molecule has 1 N–H and O–H groups in total. The Morgan fingerprint density at radius 1 is 1.30 bits per heavy atom. The van der Waals surface area contributed by atoms with E-state index in [1.165, 1.54) is 6.39 Å². The van der Waals surface area contributed by atoms with Crippen molar-refractivity contribution in [2.24, 2.45) is 0 Å². The van der Waals surface area contributed by atoms with Crippen molar-refractivity contribution in [2.75, 3.05) is 0 Å². The second kappa shape index (κ2) is 5.37. The van der Waals surface area contributed by atoms with E-state index in [1.54, 1.807) is 25.5 Å². The molecule has 0 saturated heterocycles. The van der Waals surface area contributed by atoms with Crippen molar-refractivity contribution in [1.82, 2.24) is 19.5 Å². The molecule has 2 aromatic rings. The second-order valence-electron chi connectivity index (χ2n) is 4.50. The van der Waals surface area contributed by atoms with Gasteiger partial charge in [0.25, 0.3) is 0 Å². The molecule has 0 radical (unpaired) electrons. The van der Waals surface area contributed by atoms with Crippen molar-refractivity contribution in [3.8, 4) is 0 Å². The molecule has 2 heterocycles. The predicted molar refractivity (Wildman–Crippen MR) is 72.6 cm³/mol. The van der Waals surface area contributed by atoms with E-state index in [9.17, 15) is 8.42 Å². The molecule has 0 fully saturated rings. The van der Waals surface area contributed by atoms with Crippen LogP contribution in [-0.4, -0.2) is 23.2 Å². The summed E-state index contributed by atoms with van der Waals surface area (Å²) in [6.07, 6.45) is 1.30. The number of aromatic nitrogens is 3. The maximum Gasteiger partial charge on any atom is 0.244 e. The van der Waals surface area contributed by atoms with E-state index in [4.69, 9.17) is 4.42 Å². The molecular formula is C12H18N4O3S. The molecule has 0 aliphatic rings. The molecule has 0 atom stereocenters. The van der Waals surface area contributed by atoms with Crippen LogP contribution in [-0.2, 0) is 23.1 Å². The molecule has 2 aromatic heterocycles. The number of sulfonamides is 1. The van der Waals surface area contributed by atoms with Gasteiger partial charge < -0.3 is 4.42 Å². The third kappa shape index (κ3) is 2.61. The summed E-state index contributed by atoms with van der Waals surface area (Å²) in [5, 5.41) is 4.22. The van der Waals surface area contributed by atoms with Gasteiger partial charge in [0.1, 0.15) is 10.7 Å². The minimum Gasteiger partial charge on any atom is -0.447 e. The van der Waals surface area contributed by atoms with E-state index < -0.39 is 10.0 Å². The van der Waals surface area contributed by atoms with E-state index in [0.29, 0.717) is 29.4 Å². The van der Waals surface area contributed by atoms with Crippen LogP contribution >= 0.6 is 0 Å². The zero-order chi connectivity index (χ0) is 14.9.